The molecule has 0 spiro atoms. The SMILES string of the molecule is CC(C)(C)C1CCC(CN)(C(O)c2cccc(Br)c2)CC1. The Morgan fingerprint density at radius 3 is 2.43 bits per heavy atom. The summed E-state index contributed by atoms with van der Waals surface area (Å²) < 4.78 is 1.01. The second-order valence-electron chi connectivity index (χ2n) is 7.66. The molecule has 3 N–H and O–H groups in total. The number of benzene rings is 1. The second kappa shape index (κ2) is 6.39. The molecule has 0 radical (unpaired) electrons. The molecule has 1 aromatic rings. The van der Waals surface area contributed by atoms with Crippen molar-refractivity contribution in [2.24, 2.45) is 22.5 Å². The highest BCUT2D eigenvalue weighted by atomic mass is 79.9. The van der Waals surface area contributed by atoms with Crippen LogP contribution in [0.2, 0.25) is 0 Å². The Labute approximate surface area is 137 Å². The number of hydrogen-bond acceptors (Lipinski definition) is 2. The van der Waals surface area contributed by atoms with Crippen molar-refractivity contribution in [3.63, 3.8) is 0 Å². The number of hydrogen-bond donors (Lipinski definition) is 2. The molecule has 0 aliphatic heterocycles. The van der Waals surface area contributed by atoms with E-state index in [1.165, 1.54) is 0 Å². The normalized spacial score (nSPS) is 28.4. The van der Waals surface area contributed by atoms with Gasteiger partial charge in [-0.2, -0.15) is 0 Å². The Kier molecular flexibility index (Phi) is 5.17. The van der Waals surface area contributed by atoms with Gasteiger partial charge in [0.25, 0.3) is 0 Å². The number of nitrogens with two attached hydrogens (primary N) is 1. The third-order valence-electron chi connectivity index (χ3n) is 5.36. The zero-order valence-electron chi connectivity index (χ0n) is 13.4. The highest BCUT2D eigenvalue weighted by Crippen LogP contribution is 2.50. The fourth-order valence-electron chi connectivity index (χ4n) is 3.68. The highest BCUT2D eigenvalue weighted by molar-refractivity contribution is 9.10. The zero-order chi connectivity index (χ0) is 15.7. The van der Waals surface area contributed by atoms with Crippen LogP contribution in [0, 0.1) is 16.7 Å². The van der Waals surface area contributed by atoms with E-state index in [0.29, 0.717) is 12.0 Å². The lowest BCUT2D eigenvalue weighted by atomic mass is 9.61. The zero-order valence-corrected chi connectivity index (χ0v) is 15.0. The van der Waals surface area contributed by atoms with Gasteiger partial charge < -0.3 is 10.8 Å². The summed E-state index contributed by atoms with van der Waals surface area (Å²) in [6.07, 6.45) is 3.87. The summed E-state index contributed by atoms with van der Waals surface area (Å²) in [5.41, 5.74) is 7.26. The van der Waals surface area contributed by atoms with Gasteiger partial charge in [0, 0.05) is 16.4 Å². The molecule has 1 aliphatic carbocycles. The molecule has 2 rings (SSSR count). The highest BCUT2D eigenvalue weighted by Gasteiger charge is 2.43. The molecule has 0 saturated heterocycles. The molecular formula is C18H28BrNO. The molecule has 0 aromatic heterocycles. The van der Waals surface area contributed by atoms with Crippen LogP contribution < -0.4 is 5.73 Å². The van der Waals surface area contributed by atoms with Gasteiger partial charge in [0.05, 0.1) is 6.10 Å². The van der Waals surface area contributed by atoms with Crippen LogP contribution in [0.25, 0.3) is 0 Å². The summed E-state index contributed by atoms with van der Waals surface area (Å²) in [6, 6.07) is 7.98. The van der Waals surface area contributed by atoms with Gasteiger partial charge in [0.2, 0.25) is 0 Å². The number of halogens is 1. The minimum absolute atomic E-state index is 0.164. The maximum Gasteiger partial charge on any atom is 0.0858 e. The van der Waals surface area contributed by atoms with Crippen molar-refractivity contribution in [3.8, 4) is 0 Å². The van der Waals surface area contributed by atoms with Crippen molar-refractivity contribution >= 4 is 15.9 Å². The molecule has 118 valence electrons. The summed E-state index contributed by atoms with van der Waals surface area (Å²) in [5, 5.41) is 10.9. The van der Waals surface area contributed by atoms with Gasteiger partial charge in [-0.1, -0.05) is 48.8 Å². The monoisotopic (exact) mass is 353 g/mol. The lowest BCUT2D eigenvalue weighted by Crippen LogP contribution is -2.42. The predicted molar refractivity (Wildman–Crippen MR) is 92.0 cm³/mol. The van der Waals surface area contributed by atoms with E-state index in [-0.39, 0.29) is 5.41 Å². The van der Waals surface area contributed by atoms with Crippen LogP contribution in [0.1, 0.15) is 58.1 Å². The first-order valence-electron chi connectivity index (χ1n) is 7.92. The Bertz CT molecular complexity index is 472. The fraction of sp³-hybridized carbons (Fsp3) is 0.667. The van der Waals surface area contributed by atoms with E-state index in [2.05, 4.69) is 36.7 Å². The predicted octanol–water partition coefficient (Wildman–Crippen LogP) is 4.66. The van der Waals surface area contributed by atoms with E-state index in [9.17, 15) is 5.11 Å². The second-order valence-corrected chi connectivity index (χ2v) is 8.58. The molecule has 1 fully saturated rings. The van der Waals surface area contributed by atoms with E-state index < -0.39 is 6.10 Å². The molecule has 1 saturated carbocycles. The average Bonchev–Trinajstić information content (AvgIpc) is 2.45. The third kappa shape index (κ3) is 3.69. The van der Waals surface area contributed by atoms with Gasteiger partial charge in [-0.25, -0.2) is 0 Å². The fourth-order valence-corrected chi connectivity index (χ4v) is 4.10. The largest absolute Gasteiger partial charge is 0.388 e. The molecular weight excluding hydrogens is 326 g/mol. The van der Waals surface area contributed by atoms with E-state index in [1.54, 1.807) is 0 Å². The summed E-state index contributed by atoms with van der Waals surface area (Å²) in [4.78, 5) is 0. The van der Waals surface area contributed by atoms with Crippen molar-refractivity contribution in [3.05, 3.63) is 34.3 Å². The van der Waals surface area contributed by atoms with Gasteiger partial charge >= 0.3 is 0 Å². The van der Waals surface area contributed by atoms with Crippen molar-refractivity contribution < 1.29 is 5.11 Å². The van der Waals surface area contributed by atoms with Gasteiger partial charge in [-0.3, -0.25) is 0 Å². The topological polar surface area (TPSA) is 46.2 Å². The van der Waals surface area contributed by atoms with E-state index in [4.69, 9.17) is 5.73 Å². The van der Waals surface area contributed by atoms with Crippen LogP contribution in [0.4, 0.5) is 0 Å². The minimum Gasteiger partial charge on any atom is -0.388 e. The lowest BCUT2D eigenvalue weighted by Gasteiger charge is -2.46. The first-order valence-corrected chi connectivity index (χ1v) is 8.71. The number of aliphatic hydroxyl groups is 1. The third-order valence-corrected chi connectivity index (χ3v) is 5.85. The molecule has 1 unspecified atom stereocenters. The molecule has 3 heteroatoms. The maximum absolute atomic E-state index is 10.9. The van der Waals surface area contributed by atoms with Gasteiger partial charge in [-0.15, -0.1) is 0 Å². The molecule has 2 nitrogen and oxygen atoms in total. The minimum atomic E-state index is -0.471. The van der Waals surface area contributed by atoms with E-state index >= 15 is 0 Å². The van der Waals surface area contributed by atoms with Crippen molar-refractivity contribution in [2.45, 2.75) is 52.6 Å². The number of aliphatic hydroxyl groups excluding tert-OH is 1. The van der Waals surface area contributed by atoms with Crippen LogP contribution in [0.15, 0.2) is 28.7 Å². The average molecular weight is 354 g/mol. The van der Waals surface area contributed by atoms with Crippen molar-refractivity contribution in [2.75, 3.05) is 6.54 Å². The smallest absolute Gasteiger partial charge is 0.0858 e. The Morgan fingerprint density at radius 2 is 1.95 bits per heavy atom. The molecule has 1 aromatic carbocycles. The van der Waals surface area contributed by atoms with E-state index in [1.807, 2.05) is 24.3 Å². The summed E-state index contributed by atoms with van der Waals surface area (Å²) in [5.74, 6) is 0.729. The van der Waals surface area contributed by atoms with Crippen LogP contribution in [-0.4, -0.2) is 11.7 Å². The Morgan fingerprint density at radius 1 is 1.33 bits per heavy atom. The van der Waals surface area contributed by atoms with Crippen LogP contribution in [-0.2, 0) is 0 Å². The molecule has 0 heterocycles. The Hall–Kier alpha value is -0.380. The van der Waals surface area contributed by atoms with Crippen LogP contribution in [0.3, 0.4) is 0 Å². The lowest BCUT2D eigenvalue weighted by molar-refractivity contribution is -0.0234. The first-order chi connectivity index (χ1) is 9.78. The summed E-state index contributed by atoms with van der Waals surface area (Å²) >= 11 is 3.49. The molecule has 1 aliphatic rings. The van der Waals surface area contributed by atoms with Gasteiger partial charge in [-0.05, 0) is 54.7 Å². The maximum atomic E-state index is 10.9. The summed E-state index contributed by atoms with van der Waals surface area (Å²) in [6.45, 7) is 7.51. The molecule has 1 atom stereocenters. The standard InChI is InChI=1S/C18H28BrNO/c1-17(2,3)14-7-9-18(12-20,10-8-14)16(21)13-5-4-6-15(19)11-13/h4-6,11,14,16,21H,7-10,12,20H2,1-3H3. The van der Waals surface area contributed by atoms with Gasteiger partial charge in [0.15, 0.2) is 0 Å². The molecule has 0 amide bonds. The number of rotatable bonds is 3. The van der Waals surface area contributed by atoms with Crippen molar-refractivity contribution in [1.29, 1.82) is 0 Å². The molecule has 21 heavy (non-hydrogen) atoms. The first kappa shape index (κ1) is 17.0. The van der Waals surface area contributed by atoms with Crippen LogP contribution >= 0.6 is 15.9 Å². The van der Waals surface area contributed by atoms with E-state index in [0.717, 1.165) is 41.6 Å². The quantitative estimate of drug-likeness (QED) is 0.829. The summed E-state index contributed by atoms with van der Waals surface area (Å²) in [7, 11) is 0. The van der Waals surface area contributed by atoms with Crippen LogP contribution in [0.5, 0.6) is 0 Å². The van der Waals surface area contributed by atoms with Crippen molar-refractivity contribution in [1.82, 2.24) is 0 Å². The van der Waals surface area contributed by atoms with Gasteiger partial charge in [0.1, 0.15) is 0 Å². The Balaban J connectivity index is 2.16. The molecule has 0 bridgehead atoms.